The number of nitrogens with zero attached hydrogens (tertiary/aromatic N) is 1. The van der Waals surface area contributed by atoms with Gasteiger partial charge in [-0.15, -0.1) is 0 Å². The fourth-order valence-electron chi connectivity index (χ4n) is 4.15. The minimum atomic E-state index is -0.813. The van der Waals surface area contributed by atoms with Gasteiger partial charge in [-0.2, -0.15) is 0 Å². The van der Waals surface area contributed by atoms with Crippen molar-refractivity contribution in [3.63, 3.8) is 0 Å². The van der Waals surface area contributed by atoms with Gasteiger partial charge in [0.1, 0.15) is 11.4 Å². The second kappa shape index (κ2) is 7.94. The van der Waals surface area contributed by atoms with Crippen LogP contribution < -0.4 is 10.2 Å². The van der Waals surface area contributed by atoms with Crippen LogP contribution in [-0.2, 0) is 6.54 Å². The number of ether oxygens (including phenoxy) is 1. The number of carbonyl (C=O) groups is 1. The number of methoxy groups -OCH3 is 1. The van der Waals surface area contributed by atoms with Crippen molar-refractivity contribution >= 4 is 28.5 Å². The number of rotatable bonds is 4. The maximum atomic E-state index is 13.5. The van der Waals surface area contributed by atoms with Gasteiger partial charge in [0.25, 0.3) is 5.91 Å². The molecule has 33 heavy (non-hydrogen) atoms. The smallest absolute Gasteiger partial charge is 0.291 e. The lowest BCUT2D eigenvalue weighted by Crippen LogP contribution is -2.29. The van der Waals surface area contributed by atoms with E-state index in [9.17, 15) is 19.1 Å². The number of fused-ring (bicyclic) bond motifs is 2. The van der Waals surface area contributed by atoms with Gasteiger partial charge in [-0.3, -0.25) is 9.59 Å². The summed E-state index contributed by atoms with van der Waals surface area (Å²) in [7, 11) is 1.41. The van der Waals surface area contributed by atoms with E-state index in [1.807, 2.05) is 0 Å². The minimum absolute atomic E-state index is 0.0611. The van der Waals surface area contributed by atoms with E-state index in [0.717, 1.165) is 0 Å². The Morgan fingerprint density at radius 3 is 2.58 bits per heavy atom. The zero-order valence-electron chi connectivity index (χ0n) is 17.3. The molecule has 6 nitrogen and oxygen atoms in total. The first-order valence-electron chi connectivity index (χ1n) is 10.1. The van der Waals surface area contributed by atoms with Crippen LogP contribution in [0.2, 0.25) is 5.02 Å². The molecule has 166 valence electrons. The fraction of sp³-hybridized carbons (Fsp3) is 0.120. The molecular formula is C25H17ClFNO5. The molecule has 8 heteroatoms. The first kappa shape index (κ1) is 21.0. The van der Waals surface area contributed by atoms with E-state index < -0.39 is 17.8 Å². The highest BCUT2D eigenvalue weighted by Crippen LogP contribution is 2.41. The van der Waals surface area contributed by atoms with Gasteiger partial charge in [0, 0.05) is 11.6 Å². The Balaban J connectivity index is 1.73. The van der Waals surface area contributed by atoms with Crippen LogP contribution in [0.15, 0.2) is 69.9 Å². The van der Waals surface area contributed by atoms with E-state index in [4.69, 9.17) is 20.8 Å². The number of halogens is 2. The molecule has 1 aliphatic heterocycles. The molecule has 0 radical (unpaired) electrons. The third-order valence-corrected chi connectivity index (χ3v) is 5.95. The first-order valence-corrected chi connectivity index (χ1v) is 10.4. The summed E-state index contributed by atoms with van der Waals surface area (Å²) in [6.07, 6.45) is 0. The van der Waals surface area contributed by atoms with Gasteiger partial charge in [-0.25, -0.2) is 4.39 Å². The maximum Gasteiger partial charge on any atom is 0.291 e. The predicted octanol–water partition coefficient (Wildman–Crippen LogP) is 5.05. The summed E-state index contributed by atoms with van der Waals surface area (Å²) in [5, 5.41) is 10.7. The monoisotopic (exact) mass is 465 g/mol. The molecular weight excluding hydrogens is 449 g/mol. The Bertz CT molecular complexity index is 1460. The second-order valence-corrected chi connectivity index (χ2v) is 8.14. The van der Waals surface area contributed by atoms with E-state index in [0.29, 0.717) is 16.1 Å². The largest absolute Gasteiger partial charge is 0.504 e. The molecule has 4 aromatic rings. The Kier molecular flexibility index (Phi) is 5.06. The highest BCUT2D eigenvalue weighted by molar-refractivity contribution is 6.31. The lowest BCUT2D eigenvalue weighted by Gasteiger charge is -2.25. The van der Waals surface area contributed by atoms with Crippen LogP contribution in [-0.4, -0.2) is 23.0 Å². The average molecular weight is 466 g/mol. The maximum absolute atomic E-state index is 13.5. The molecule has 3 aromatic carbocycles. The Morgan fingerprint density at radius 1 is 1.09 bits per heavy atom. The van der Waals surface area contributed by atoms with Gasteiger partial charge in [-0.1, -0.05) is 29.8 Å². The van der Waals surface area contributed by atoms with Crippen molar-refractivity contribution in [3.8, 4) is 11.5 Å². The van der Waals surface area contributed by atoms with Gasteiger partial charge < -0.3 is 19.2 Å². The summed E-state index contributed by atoms with van der Waals surface area (Å²) >= 11 is 6.10. The summed E-state index contributed by atoms with van der Waals surface area (Å²) in [6.45, 7) is 0.105. The third kappa shape index (κ3) is 3.50. The van der Waals surface area contributed by atoms with Crippen molar-refractivity contribution < 1.29 is 23.4 Å². The molecule has 0 saturated heterocycles. The van der Waals surface area contributed by atoms with Crippen molar-refractivity contribution in [2.24, 2.45) is 0 Å². The normalized spacial score (nSPS) is 15.2. The predicted molar refractivity (Wildman–Crippen MR) is 120 cm³/mol. The van der Waals surface area contributed by atoms with Crippen molar-refractivity contribution in [3.05, 3.63) is 104 Å². The van der Waals surface area contributed by atoms with E-state index in [1.54, 1.807) is 36.4 Å². The number of carbonyl (C=O) groups excluding carboxylic acids is 1. The molecule has 0 spiro atoms. The number of amides is 1. The second-order valence-electron chi connectivity index (χ2n) is 7.71. The van der Waals surface area contributed by atoms with E-state index in [-0.39, 0.29) is 45.8 Å². The zero-order valence-corrected chi connectivity index (χ0v) is 18.1. The molecule has 1 aromatic heterocycles. The molecule has 2 heterocycles. The fourth-order valence-corrected chi connectivity index (χ4v) is 4.33. The van der Waals surface area contributed by atoms with Crippen molar-refractivity contribution in [1.82, 2.24) is 4.90 Å². The minimum Gasteiger partial charge on any atom is -0.504 e. The highest BCUT2D eigenvalue weighted by atomic mass is 35.5. The standard InChI is InChI=1S/C25H17ClFNO5/c1-32-20-10-14(4-8-18(20)29)22-21-23(30)17-11-15(26)5-9-19(17)33-24(21)25(31)28(22)12-13-2-6-16(27)7-3-13/h2-11,22,29H,12H2,1H3. The molecule has 1 aliphatic rings. The van der Waals surface area contributed by atoms with Crippen LogP contribution in [0.4, 0.5) is 4.39 Å². The summed E-state index contributed by atoms with van der Waals surface area (Å²) in [4.78, 5) is 28.5. The van der Waals surface area contributed by atoms with Gasteiger partial charge in [0.15, 0.2) is 16.9 Å². The summed E-state index contributed by atoms with van der Waals surface area (Å²) in [5.41, 5.74) is 1.27. The number of benzene rings is 3. The first-order chi connectivity index (χ1) is 15.9. The van der Waals surface area contributed by atoms with Crippen molar-refractivity contribution in [2.75, 3.05) is 7.11 Å². The molecule has 0 bridgehead atoms. The van der Waals surface area contributed by atoms with Crippen LogP contribution in [0, 0.1) is 5.82 Å². The van der Waals surface area contributed by atoms with Crippen molar-refractivity contribution in [1.29, 1.82) is 0 Å². The molecule has 1 atom stereocenters. The number of phenolic OH excluding ortho intramolecular Hbond substituents is 1. The summed E-state index contributed by atoms with van der Waals surface area (Å²) in [5.74, 6) is -0.805. The Labute approximate surface area is 192 Å². The van der Waals surface area contributed by atoms with Crippen LogP contribution in [0.5, 0.6) is 11.5 Å². The molecule has 0 fully saturated rings. The molecule has 0 aliphatic carbocycles. The van der Waals surface area contributed by atoms with Crippen molar-refractivity contribution in [2.45, 2.75) is 12.6 Å². The Hall–Kier alpha value is -3.84. The van der Waals surface area contributed by atoms with Gasteiger partial charge in [0.05, 0.1) is 24.1 Å². The number of hydrogen-bond donors (Lipinski definition) is 1. The van der Waals surface area contributed by atoms with Crippen LogP contribution >= 0.6 is 11.6 Å². The Morgan fingerprint density at radius 2 is 1.85 bits per heavy atom. The SMILES string of the molecule is COc1cc(C2c3c(oc4ccc(Cl)cc4c3=O)C(=O)N2Cc2ccc(F)cc2)ccc1O. The zero-order chi connectivity index (χ0) is 23.3. The molecule has 1 N–H and O–H groups in total. The lowest BCUT2D eigenvalue weighted by atomic mass is 9.97. The quantitative estimate of drug-likeness (QED) is 0.456. The highest BCUT2D eigenvalue weighted by Gasteiger charge is 2.43. The average Bonchev–Trinajstić information content (AvgIpc) is 3.08. The van der Waals surface area contributed by atoms with Gasteiger partial charge in [0.2, 0.25) is 5.76 Å². The van der Waals surface area contributed by atoms with Crippen LogP contribution in [0.3, 0.4) is 0 Å². The summed E-state index contributed by atoms with van der Waals surface area (Å²) in [6, 6.07) is 14.2. The summed E-state index contributed by atoms with van der Waals surface area (Å²) < 4.78 is 24.5. The topological polar surface area (TPSA) is 80.0 Å². The third-order valence-electron chi connectivity index (χ3n) is 5.71. The van der Waals surface area contributed by atoms with E-state index in [2.05, 4.69) is 0 Å². The molecule has 1 amide bonds. The van der Waals surface area contributed by atoms with Gasteiger partial charge >= 0.3 is 0 Å². The van der Waals surface area contributed by atoms with E-state index >= 15 is 0 Å². The molecule has 5 rings (SSSR count). The number of hydrogen-bond acceptors (Lipinski definition) is 5. The molecule has 1 unspecified atom stereocenters. The molecule has 0 saturated carbocycles. The lowest BCUT2D eigenvalue weighted by molar-refractivity contribution is 0.0714. The van der Waals surface area contributed by atoms with Crippen LogP contribution in [0.25, 0.3) is 11.0 Å². The van der Waals surface area contributed by atoms with E-state index in [1.165, 1.54) is 36.3 Å². The van der Waals surface area contributed by atoms with Gasteiger partial charge in [-0.05, 0) is 53.6 Å². The number of phenols is 1. The van der Waals surface area contributed by atoms with Crippen LogP contribution in [0.1, 0.15) is 33.3 Å². The number of aromatic hydroxyl groups is 1.